The Morgan fingerprint density at radius 3 is 2.29 bits per heavy atom. The van der Waals surface area contributed by atoms with E-state index in [9.17, 15) is 14.4 Å². The summed E-state index contributed by atoms with van der Waals surface area (Å²) < 4.78 is 5.07. The zero-order valence-corrected chi connectivity index (χ0v) is 12.2. The molecule has 7 heteroatoms. The van der Waals surface area contributed by atoms with Crippen molar-refractivity contribution < 1.29 is 18.8 Å². The molecule has 2 heterocycles. The van der Waals surface area contributed by atoms with Gasteiger partial charge in [0, 0.05) is 32.2 Å². The quantitative estimate of drug-likeness (QED) is 0.783. The van der Waals surface area contributed by atoms with Crippen molar-refractivity contribution in [1.29, 1.82) is 0 Å². The lowest BCUT2D eigenvalue weighted by molar-refractivity contribution is -0.147. The molecule has 0 radical (unpaired) electrons. The summed E-state index contributed by atoms with van der Waals surface area (Å²) in [5.74, 6) is -1.06. The molecular weight excluding hydrogens is 274 g/mol. The van der Waals surface area contributed by atoms with Gasteiger partial charge in [-0.15, -0.1) is 0 Å². The number of amides is 3. The van der Waals surface area contributed by atoms with Crippen LogP contribution in [0, 0.1) is 0 Å². The number of hydrogen-bond acceptors (Lipinski definition) is 4. The van der Waals surface area contributed by atoms with Gasteiger partial charge in [-0.2, -0.15) is 0 Å². The molecule has 0 aromatic carbocycles. The van der Waals surface area contributed by atoms with Crippen molar-refractivity contribution in [3.8, 4) is 0 Å². The predicted octanol–water partition coefficient (Wildman–Crippen LogP) is 0.0886. The van der Waals surface area contributed by atoms with Crippen LogP contribution in [0.1, 0.15) is 24.4 Å². The Morgan fingerprint density at radius 2 is 1.76 bits per heavy atom. The largest absolute Gasteiger partial charge is 0.459 e. The zero-order valence-electron chi connectivity index (χ0n) is 12.2. The van der Waals surface area contributed by atoms with E-state index in [0.717, 1.165) is 0 Å². The van der Waals surface area contributed by atoms with Crippen molar-refractivity contribution in [2.75, 3.05) is 26.2 Å². The first-order valence-corrected chi connectivity index (χ1v) is 6.91. The predicted molar refractivity (Wildman–Crippen MR) is 74.5 cm³/mol. The summed E-state index contributed by atoms with van der Waals surface area (Å²) in [7, 11) is 0. The molecule has 1 aromatic heterocycles. The van der Waals surface area contributed by atoms with Gasteiger partial charge in [0.25, 0.3) is 5.91 Å². The molecular formula is C14H19N3O4. The Kier molecular flexibility index (Phi) is 4.62. The molecule has 1 N–H and O–H groups in total. The van der Waals surface area contributed by atoms with E-state index in [4.69, 9.17) is 4.42 Å². The van der Waals surface area contributed by atoms with Crippen LogP contribution in [-0.2, 0) is 9.59 Å². The minimum atomic E-state index is -0.601. The molecule has 3 amide bonds. The highest BCUT2D eigenvalue weighted by molar-refractivity contribution is 6.35. The van der Waals surface area contributed by atoms with Crippen LogP contribution in [0.5, 0.6) is 0 Å². The molecule has 1 fully saturated rings. The van der Waals surface area contributed by atoms with Crippen molar-refractivity contribution in [3.05, 3.63) is 24.2 Å². The first-order valence-electron chi connectivity index (χ1n) is 6.91. The topological polar surface area (TPSA) is 82.9 Å². The normalized spacial score (nSPS) is 15.2. The summed E-state index contributed by atoms with van der Waals surface area (Å²) in [6.45, 7) is 5.06. The van der Waals surface area contributed by atoms with E-state index in [2.05, 4.69) is 5.32 Å². The van der Waals surface area contributed by atoms with Gasteiger partial charge in [0.2, 0.25) is 0 Å². The average molecular weight is 293 g/mol. The molecule has 1 aliphatic rings. The van der Waals surface area contributed by atoms with Crippen molar-refractivity contribution in [2.45, 2.75) is 19.9 Å². The number of piperazine rings is 1. The lowest BCUT2D eigenvalue weighted by atomic mass is 10.2. The summed E-state index contributed by atoms with van der Waals surface area (Å²) in [6.07, 6.45) is 1.45. The highest BCUT2D eigenvalue weighted by Crippen LogP contribution is 2.09. The third-order valence-corrected chi connectivity index (χ3v) is 3.20. The molecule has 1 aromatic rings. The Balaban J connectivity index is 1.87. The fourth-order valence-corrected chi connectivity index (χ4v) is 2.14. The van der Waals surface area contributed by atoms with Gasteiger partial charge in [0.15, 0.2) is 5.76 Å². The monoisotopic (exact) mass is 293 g/mol. The zero-order chi connectivity index (χ0) is 15.4. The van der Waals surface area contributed by atoms with Crippen LogP contribution >= 0.6 is 0 Å². The second kappa shape index (κ2) is 6.43. The summed E-state index contributed by atoms with van der Waals surface area (Å²) in [5.41, 5.74) is 0. The van der Waals surface area contributed by atoms with Gasteiger partial charge in [0.05, 0.1) is 6.26 Å². The summed E-state index contributed by atoms with van der Waals surface area (Å²) in [4.78, 5) is 38.7. The van der Waals surface area contributed by atoms with E-state index in [-0.39, 0.29) is 17.7 Å². The highest BCUT2D eigenvalue weighted by atomic mass is 16.3. The van der Waals surface area contributed by atoms with Crippen molar-refractivity contribution in [1.82, 2.24) is 15.1 Å². The van der Waals surface area contributed by atoms with Gasteiger partial charge >= 0.3 is 11.8 Å². The van der Waals surface area contributed by atoms with Crippen LogP contribution in [0.15, 0.2) is 22.8 Å². The minimum absolute atomic E-state index is 0.0803. The third-order valence-electron chi connectivity index (χ3n) is 3.20. The van der Waals surface area contributed by atoms with Gasteiger partial charge < -0.3 is 19.5 Å². The number of nitrogens with one attached hydrogen (secondary N) is 1. The smallest absolute Gasteiger partial charge is 0.312 e. The third kappa shape index (κ3) is 3.62. The lowest BCUT2D eigenvalue weighted by Gasteiger charge is -2.34. The van der Waals surface area contributed by atoms with E-state index < -0.39 is 11.8 Å². The molecule has 0 saturated carbocycles. The number of furan rings is 1. The summed E-state index contributed by atoms with van der Waals surface area (Å²) >= 11 is 0. The van der Waals surface area contributed by atoms with Crippen LogP contribution in [0.3, 0.4) is 0 Å². The van der Waals surface area contributed by atoms with Gasteiger partial charge in [-0.3, -0.25) is 14.4 Å². The molecule has 0 atom stereocenters. The minimum Gasteiger partial charge on any atom is -0.459 e. The number of carbonyl (C=O) groups is 3. The average Bonchev–Trinajstić information content (AvgIpc) is 2.99. The Labute approximate surface area is 122 Å². The number of nitrogens with zero attached hydrogens (tertiary/aromatic N) is 2. The van der Waals surface area contributed by atoms with Crippen molar-refractivity contribution >= 4 is 17.7 Å². The standard InChI is InChI=1S/C14H19N3O4/c1-10(2)15-12(18)14(20)17-7-5-16(6-8-17)13(19)11-4-3-9-21-11/h3-4,9-10H,5-8H2,1-2H3,(H,15,18). The molecule has 7 nitrogen and oxygen atoms in total. The fourth-order valence-electron chi connectivity index (χ4n) is 2.14. The van der Waals surface area contributed by atoms with Gasteiger partial charge in [-0.1, -0.05) is 0 Å². The molecule has 0 spiro atoms. The number of rotatable bonds is 2. The van der Waals surface area contributed by atoms with Crippen LogP contribution in [0.25, 0.3) is 0 Å². The van der Waals surface area contributed by atoms with Gasteiger partial charge in [0.1, 0.15) is 0 Å². The molecule has 1 aliphatic heterocycles. The van der Waals surface area contributed by atoms with Crippen LogP contribution in [0.2, 0.25) is 0 Å². The van der Waals surface area contributed by atoms with E-state index in [1.165, 1.54) is 11.2 Å². The second-order valence-corrected chi connectivity index (χ2v) is 5.19. The summed E-state index contributed by atoms with van der Waals surface area (Å²) in [5, 5.41) is 2.57. The second-order valence-electron chi connectivity index (χ2n) is 5.19. The lowest BCUT2D eigenvalue weighted by Crippen LogP contribution is -2.54. The first-order chi connectivity index (χ1) is 9.99. The Hall–Kier alpha value is -2.31. The maximum atomic E-state index is 12.1. The molecule has 1 saturated heterocycles. The van der Waals surface area contributed by atoms with E-state index in [0.29, 0.717) is 26.2 Å². The van der Waals surface area contributed by atoms with Crippen LogP contribution in [-0.4, -0.2) is 59.7 Å². The van der Waals surface area contributed by atoms with Crippen LogP contribution in [0.4, 0.5) is 0 Å². The van der Waals surface area contributed by atoms with Crippen molar-refractivity contribution in [2.24, 2.45) is 0 Å². The Bertz CT molecular complexity index is 516. The number of carbonyl (C=O) groups excluding carboxylic acids is 3. The number of hydrogen-bond donors (Lipinski definition) is 1. The molecule has 0 unspecified atom stereocenters. The van der Waals surface area contributed by atoms with Crippen molar-refractivity contribution in [3.63, 3.8) is 0 Å². The van der Waals surface area contributed by atoms with Gasteiger partial charge in [-0.05, 0) is 26.0 Å². The van der Waals surface area contributed by atoms with E-state index in [1.807, 2.05) is 0 Å². The fraction of sp³-hybridized carbons (Fsp3) is 0.500. The molecule has 114 valence electrons. The van der Waals surface area contributed by atoms with E-state index >= 15 is 0 Å². The maximum Gasteiger partial charge on any atom is 0.312 e. The Morgan fingerprint density at radius 1 is 1.14 bits per heavy atom. The summed E-state index contributed by atoms with van der Waals surface area (Å²) in [6, 6.07) is 3.18. The van der Waals surface area contributed by atoms with E-state index in [1.54, 1.807) is 30.9 Å². The SMILES string of the molecule is CC(C)NC(=O)C(=O)N1CCN(C(=O)c2ccco2)CC1. The maximum absolute atomic E-state index is 12.1. The first kappa shape index (κ1) is 15.1. The van der Waals surface area contributed by atoms with Crippen LogP contribution < -0.4 is 5.32 Å². The molecule has 2 rings (SSSR count). The highest BCUT2D eigenvalue weighted by Gasteiger charge is 2.29. The molecule has 21 heavy (non-hydrogen) atoms. The molecule has 0 aliphatic carbocycles. The molecule has 0 bridgehead atoms. The van der Waals surface area contributed by atoms with Gasteiger partial charge in [-0.25, -0.2) is 0 Å².